The van der Waals surface area contributed by atoms with Gasteiger partial charge in [0.15, 0.2) is 0 Å². The number of benzene rings is 1. The fourth-order valence-electron chi connectivity index (χ4n) is 5.19. The number of hydrogen-bond acceptors (Lipinski definition) is 8. The highest BCUT2D eigenvalue weighted by atomic mass is 32.2. The van der Waals surface area contributed by atoms with Crippen LogP contribution in [0.25, 0.3) is 22.2 Å². The number of carbonyl (C=O) groups excluding carboxylic acids is 1. The standard InChI is InChI=1S/C32H47BN5O5S/c1-30(2,3)41-29(39)37-16-14-36(15-17-37)27-20-23(12-13-34-27)28-25-21-24(33-42-31(4,5)32(6,7)43-33)10-11-26(25)38(35-28)22-40-18-19-44(8)9/h10-13,20-21H,14-19,22H2,1-9H3/q+1. The van der Waals surface area contributed by atoms with Crippen LogP contribution in [0.1, 0.15) is 48.5 Å². The highest BCUT2D eigenvalue weighted by Crippen LogP contribution is 2.37. The summed E-state index contributed by atoms with van der Waals surface area (Å²) in [5.74, 6) is 1.87. The fraction of sp³-hybridized carbons (Fsp3) is 0.594. The summed E-state index contributed by atoms with van der Waals surface area (Å²) in [5, 5.41) is 6.05. The normalized spacial score (nSPS) is 18.5. The maximum Gasteiger partial charge on any atom is 0.494 e. The SMILES string of the molecule is C[S+](C)CCOCn1nc(-c2ccnc(N3CCN(C(=O)OC(C)(C)C)CC3)c2)c2cc(B3OC(C)(C)C(C)(C)O3)ccc21. The lowest BCUT2D eigenvalue weighted by atomic mass is 9.78. The van der Waals surface area contributed by atoms with E-state index in [9.17, 15) is 4.79 Å². The van der Waals surface area contributed by atoms with Crippen molar-refractivity contribution in [1.29, 1.82) is 0 Å². The second kappa shape index (κ2) is 12.5. The zero-order valence-corrected chi connectivity index (χ0v) is 28.5. The molecule has 2 saturated heterocycles. The Morgan fingerprint density at radius 3 is 2.34 bits per heavy atom. The molecule has 2 aliphatic heterocycles. The summed E-state index contributed by atoms with van der Waals surface area (Å²) in [6.45, 7) is 17.5. The third-order valence-corrected chi connectivity index (χ3v) is 9.41. The van der Waals surface area contributed by atoms with Gasteiger partial charge in [-0.2, -0.15) is 5.10 Å². The number of piperazine rings is 1. The molecule has 2 fully saturated rings. The van der Waals surface area contributed by atoms with Gasteiger partial charge in [-0.1, -0.05) is 12.1 Å². The topological polar surface area (TPSA) is 91.2 Å². The largest absolute Gasteiger partial charge is 0.494 e. The van der Waals surface area contributed by atoms with Gasteiger partial charge in [0.1, 0.15) is 29.6 Å². The van der Waals surface area contributed by atoms with E-state index in [0.29, 0.717) is 50.4 Å². The summed E-state index contributed by atoms with van der Waals surface area (Å²) in [7, 11) is -0.154. The molecule has 0 saturated carbocycles. The van der Waals surface area contributed by atoms with Crippen molar-refractivity contribution in [1.82, 2.24) is 19.7 Å². The Balaban J connectivity index is 1.42. The van der Waals surface area contributed by atoms with Gasteiger partial charge in [-0.3, -0.25) is 0 Å². The lowest BCUT2D eigenvalue weighted by Gasteiger charge is -2.36. The summed E-state index contributed by atoms with van der Waals surface area (Å²) in [6, 6.07) is 10.3. The van der Waals surface area contributed by atoms with Crippen LogP contribution in [0, 0.1) is 0 Å². The molecule has 5 rings (SSSR count). The number of anilines is 1. The van der Waals surface area contributed by atoms with Crippen LogP contribution in [-0.2, 0) is 36.4 Å². The predicted molar refractivity (Wildman–Crippen MR) is 179 cm³/mol. The van der Waals surface area contributed by atoms with Crippen molar-refractivity contribution in [2.45, 2.75) is 72.0 Å². The summed E-state index contributed by atoms with van der Waals surface area (Å²) in [4.78, 5) is 21.2. The number of pyridine rings is 1. The van der Waals surface area contributed by atoms with E-state index in [1.54, 1.807) is 4.90 Å². The highest BCUT2D eigenvalue weighted by Gasteiger charge is 2.51. The molecule has 2 aromatic heterocycles. The van der Waals surface area contributed by atoms with Crippen LogP contribution in [0.3, 0.4) is 0 Å². The summed E-state index contributed by atoms with van der Waals surface area (Å²) < 4.78 is 26.3. The molecule has 0 spiro atoms. The van der Waals surface area contributed by atoms with E-state index in [4.69, 9.17) is 23.9 Å². The number of fused-ring (bicyclic) bond motifs is 1. The minimum absolute atomic E-state index is 0.273. The first-order valence-electron chi connectivity index (χ1n) is 15.3. The van der Waals surface area contributed by atoms with E-state index in [-0.39, 0.29) is 6.09 Å². The van der Waals surface area contributed by atoms with Gasteiger partial charge in [0, 0.05) is 43.3 Å². The Kier molecular flexibility index (Phi) is 9.29. The highest BCUT2D eigenvalue weighted by molar-refractivity contribution is 7.95. The van der Waals surface area contributed by atoms with Gasteiger partial charge >= 0.3 is 13.2 Å². The van der Waals surface area contributed by atoms with Crippen molar-refractivity contribution < 1.29 is 23.6 Å². The van der Waals surface area contributed by atoms with E-state index < -0.39 is 23.9 Å². The van der Waals surface area contributed by atoms with E-state index in [1.165, 1.54) is 0 Å². The smallest absolute Gasteiger partial charge is 0.444 e. The van der Waals surface area contributed by atoms with Crippen molar-refractivity contribution >= 4 is 46.3 Å². The van der Waals surface area contributed by atoms with Crippen molar-refractivity contribution in [2.24, 2.45) is 0 Å². The molecule has 10 nitrogen and oxygen atoms in total. The van der Waals surface area contributed by atoms with E-state index in [1.807, 2.05) is 37.7 Å². The molecule has 3 aromatic rings. The summed E-state index contributed by atoms with van der Waals surface area (Å²) >= 11 is 0. The average Bonchev–Trinajstić information content (AvgIpc) is 3.42. The molecule has 2 aliphatic rings. The van der Waals surface area contributed by atoms with Gasteiger partial charge in [0.05, 0.1) is 35.8 Å². The number of ether oxygens (including phenoxy) is 2. The van der Waals surface area contributed by atoms with E-state index in [2.05, 4.69) is 74.4 Å². The van der Waals surface area contributed by atoms with Crippen molar-refractivity contribution in [3.63, 3.8) is 0 Å². The van der Waals surface area contributed by atoms with E-state index >= 15 is 0 Å². The number of nitrogens with zero attached hydrogens (tertiary/aromatic N) is 5. The predicted octanol–water partition coefficient (Wildman–Crippen LogP) is 4.31. The molecule has 12 heteroatoms. The average molecular weight is 625 g/mol. The second-order valence-electron chi connectivity index (χ2n) is 13.8. The Morgan fingerprint density at radius 2 is 1.70 bits per heavy atom. The Hall–Kier alpha value is -2.80. The summed E-state index contributed by atoms with van der Waals surface area (Å²) in [6.07, 6.45) is 6.00. The lowest BCUT2D eigenvalue weighted by molar-refractivity contribution is 0.00578. The molecule has 0 N–H and O–H groups in total. The van der Waals surface area contributed by atoms with Gasteiger partial charge in [0.2, 0.25) is 0 Å². The molecule has 4 heterocycles. The van der Waals surface area contributed by atoms with Gasteiger partial charge in [-0.25, -0.2) is 14.5 Å². The molecule has 0 bridgehead atoms. The molecular formula is C32H47BN5O5S+. The van der Waals surface area contributed by atoms with Crippen LogP contribution in [0.2, 0.25) is 0 Å². The Morgan fingerprint density at radius 1 is 1.02 bits per heavy atom. The number of aromatic nitrogens is 3. The third-order valence-electron chi connectivity index (χ3n) is 8.42. The van der Waals surface area contributed by atoms with Crippen LogP contribution < -0.4 is 10.4 Å². The molecule has 44 heavy (non-hydrogen) atoms. The van der Waals surface area contributed by atoms with Crippen molar-refractivity contribution in [3.05, 3.63) is 36.5 Å². The molecule has 0 aliphatic carbocycles. The monoisotopic (exact) mass is 624 g/mol. The molecule has 0 unspecified atom stereocenters. The molecule has 238 valence electrons. The van der Waals surface area contributed by atoms with E-state index in [0.717, 1.165) is 39.2 Å². The first kappa shape index (κ1) is 32.6. The van der Waals surface area contributed by atoms with Crippen LogP contribution in [0.4, 0.5) is 10.6 Å². The van der Waals surface area contributed by atoms with Crippen LogP contribution >= 0.6 is 0 Å². The number of hydrogen-bond donors (Lipinski definition) is 0. The first-order chi connectivity index (χ1) is 20.6. The van der Waals surface area contributed by atoms with Gasteiger partial charge in [0.25, 0.3) is 0 Å². The van der Waals surface area contributed by atoms with Gasteiger partial charge in [-0.05, 0) is 83.0 Å². The number of amides is 1. The van der Waals surface area contributed by atoms with Gasteiger partial charge in [-0.15, -0.1) is 0 Å². The molecule has 1 amide bonds. The van der Waals surface area contributed by atoms with Gasteiger partial charge < -0.3 is 28.6 Å². The van der Waals surface area contributed by atoms with Crippen LogP contribution in [0.15, 0.2) is 36.5 Å². The van der Waals surface area contributed by atoms with Crippen LogP contribution in [0.5, 0.6) is 0 Å². The lowest BCUT2D eigenvalue weighted by Crippen LogP contribution is -2.50. The molecule has 0 radical (unpaired) electrons. The Labute approximate surface area is 264 Å². The number of rotatable bonds is 8. The molecule has 1 aromatic carbocycles. The molecular weight excluding hydrogens is 577 g/mol. The maximum absolute atomic E-state index is 12.6. The zero-order valence-electron chi connectivity index (χ0n) is 27.7. The fourth-order valence-corrected chi connectivity index (χ4v) is 5.65. The minimum Gasteiger partial charge on any atom is -0.444 e. The van der Waals surface area contributed by atoms with Crippen molar-refractivity contribution in [3.8, 4) is 11.3 Å². The third kappa shape index (κ3) is 7.19. The molecule has 0 atom stereocenters. The number of carbonyl (C=O) groups is 1. The van der Waals surface area contributed by atoms with Crippen LogP contribution in [-0.4, -0.2) is 101 Å². The quantitative estimate of drug-likeness (QED) is 0.208. The summed E-state index contributed by atoms with van der Waals surface area (Å²) in [5.41, 5.74) is 2.36. The first-order valence-corrected chi connectivity index (χ1v) is 17.5. The minimum atomic E-state index is -0.515. The maximum atomic E-state index is 12.6. The zero-order chi connectivity index (χ0) is 31.9. The Bertz CT molecular complexity index is 1460. The second-order valence-corrected chi connectivity index (χ2v) is 16.2. The van der Waals surface area contributed by atoms with Crippen molar-refractivity contribution in [2.75, 3.05) is 56.0 Å².